The number of carbonyl (C=O) groups excluding carboxylic acids is 1. The lowest BCUT2D eigenvalue weighted by atomic mass is 9.91. The Bertz CT molecular complexity index is 1650. The van der Waals surface area contributed by atoms with E-state index in [0.717, 1.165) is 34.4 Å². The van der Waals surface area contributed by atoms with Crippen molar-refractivity contribution in [1.82, 2.24) is 19.8 Å². The first-order valence-electron chi connectivity index (χ1n) is 12.6. The van der Waals surface area contributed by atoms with Crippen molar-refractivity contribution in [3.8, 4) is 11.1 Å². The number of imidazole rings is 1. The minimum atomic E-state index is -4.84. The molecule has 6 nitrogen and oxygen atoms in total. The number of carbonyl (C=O) groups is 1. The van der Waals surface area contributed by atoms with Gasteiger partial charge in [-0.3, -0.25) is 0 Å². The number of alkyl halides is 3. The van der Waals surface area contributed by atoms with E-state index in [0.29, 0.717) is 43.0 Å². The number of benzene rings is 3. The van der Waals surface area contributed by atoms with Gasteiger partial charge in [0.1, 0.15) is 11.6 Å². The number of likely N-dealkylation sites (tertiary alicyclic amines) is 1. The predicted molar refractivity (Wildman–Crippen MR) is 145 cm³/mol. The molecular weight excluding hydrogens is 522 g/mol. The summed E-state index contributed by atoms with van der Waals surface area (Å²) in [4.78, 5) is 26.7. The van der Waals surface area contributed by atoms with Gasteiger partial charge in [0, 0.05) is 38.8 Å². The molecule has 2 heterocycles. The summed E-state index contributed by atoms with van der Waals surface area (Å²) in [6.07, 6.45) is -3.75. The molecule has 3 aromatic carbocycles. The zero-order valence-electron chi connectivity index (χ0n) is 21.8. The van der Waals surface area contributed by atoms with Crippen LogP contribution in [-0.2, 0) is 6.18 Å². The molecule has 1 aromatic heterocycles. The predicted octanol–water partition coefficient (Wildman–Crippen LogP) is 7.52. The van der Waals surface area contributed by atoms with Crippen molar-refractivity contribution in [1.29, 1.82) is 0 Å². The lowest BCUT2D eigenvalue weighted by molar-refractivity contribution is -0.139. The molecule has 204 valence electrons. The highest BCUT2D eigenvalue weighted by atomic mass is 19.4. The normalized spacial score (nSPS) is 13.8. The van der Waals surface area contributed by atoms with E-state index >= 15 is 0 Å². The van der Waals surface area contributed by atoms with Gasteiger partial charge in [-0.05, 0) is 41.7 Å². The lowest BCUT2D eigenvalue weighted by Gasteiger charge is -2.31. The van der Waals surface area contributed by atoms with Crippen LogP contribution < -0.4 is 0 Å². The molecule has 0 unspecified atom stereocenters. The van der Waals surface area contributed by atoms with Crippen LogP contribution in [0.25, 0.3) is 32.6 Å². The molecule has 0 spiro atoms. The van der Waals surface area contributed by atoms with Gasteiger partial charge in [-0.25, -0.2) is 19.0 Å². The lowest BCUT2D eigenvalue weighted by Crippen LogP contribution is -2.42. The largest absolute Gasteiger partial charge is 0.419 e. The third-order valence-electron chi connectivity index (χ3n) is 6.97. The van der Waals surface area contributed by atoms with Crippen molar-refractivity contribution in [2.24, 2.45) is 0 Å². The SMILES string of the molecule is [C-]#[N+]c1cccc(-c2ccc(C(=C3CCN(C(=O)N(C)C)CC3)c3nc4cc(F)c(C(F)(F)F)cc4[nH]3)cc2)c1. The first-order valence-corrected chi connectivity index (χ1v) is 12.6. The van der Waals surface area contributed by atoms with E-state index in [9.17, 15) is 22.4 Å². The number of nitrogens with one attached hydrogen (secondary N) is 1. The summed E-state index contributed by atoms with van der Waals surface area (Å²) >= 11 is 0. The zero-order valence-corrected chi connectivity index (χ0v) is 21.8. The second-order valence-electron chi connectivity index (χ2n) is 9.81. The fourth-order valence-corrected chi connectivity index (χ4v) is 4.96. The van der Waals surface area contributed by atoms with Crippen molar-refractivity contribution in [2.45, 2.75) is 19.0 Å². The molecule has 40 heavy (non-hydrogen) atoms. The van der Waals surface area contributed by atoms with Crippen LogP contribution in [0.4, 0.5) is 28.0 Å². The molecule has 1 aliphatic heterocycles. The number of H-pyrrole nitrogens is 1. The first-order chi connectivity index (χ1) is 19.0. The van der Waals surface area contributed by atoms with Crippen LogP contribution in [0.3, 0.4) is 0 Å². The van der Waals surface area contributed by atoms with E-state index in [1.54, 1.807) is 31.1 Å². The van der Waals surface area contributed by atoms with Gasteiger partial charge in [-0.1, -0.05) is 48.0 Å². The number of aromatic nitrogens is 2. The van der Waals surface area contributed by atoms with Crippen LogP contribution in [-0.4, -0.2) is 53.0 Å². The standard InChI is InChI=1S/C30H25F4N5O/c1-35-22-6-4-5-21(15-22)18-7-9-19(10-8-18)27(20-11-13-39(14-12-20)29(40)38(2)3)28-36-25-16-23(30(32,33)34)24(31)17-26(25)37-28/h4-10,15-17H,11-14H2,2-3H3,(H,36,37). The van der Waals surface area contributed by atoms with Crippen LogP contribution in [0.15, 0.2) is 66.2 Å². The zero-order chi connectivity index (χ0) is 28.6. The molecule has 4 aromatic rings. The maximum atomic E-state index is 14.3. The van der Waals surface area contributed by atoms with Gasteiger partial charge in [0.25, 0.3) is 0 Å². The number of halogens is 4. The maximum Gasteiger partial charge on any atom is 0.419 e. The molecule has 0 bridgehead atoms. The molecule has 0 atom stereocenters. The van der Waals surface area contributed by atoms with E-state index < -0.39 is 17.6 Å². The highest BCUT2D eigenvalue weighted by Gasteiger charge is 2.35. The van der Waals surface area contributed by atoms with Crippen LogP contribution in [0, 0.1) is 12.4 Å². The van der Waals surface area contributed by atoms with Crippen LogP contribution in [0.2, 0.25) is 0 Å². The first kappa shape index (κ1) is 26.9. The van der Waals surface area contributed by atoms with Crippen molar-refractivity contribution in [3.63, 3.8) is 0 Å². The number of hydrogen-bond donors (Lipinski definition) is 1. The van der Waals surface area contributed by atoms with Gasteiger partial charge in [0.2, 0.25) is 0 Å². The van der Waals surface area contributed by atoms with Gasteiger partial charge in [0.15, 0.2) is 5.69 Å². The molecule has 5 rings (SSSR count). The van der Waals surface area contributed by atoms with Crippen LogP contribution >= 0.6 is 0 Å². The smallest absolute Gasteiger partial charge is 0.338 e. The molecular formula is C30H25F4N5O. The van der Waals surface area contributed by atoms with Gasteiger partial charge < -0.3 is 14.8 Å². The van der Waals surface area contributed by atoms with Crippen LogP contribution in [0.1, 0.15) is 29.8 Å². The second kappa shape index (κ2) is 10.5. The average molecular weight is 548 g/mol. The summed E-state index contributed by atoms with van der Waals surface area (Å²) in [5.41, 5.74) is 3.59. The summed E-state index contributed by atoms with van der Waals surface area (Å²) < 4.78 is 54.3. The number of urea groups is 1. The molecule has 1 N–H and O–H groups in total. The van der Waals surface area contributed by atoms with Crippen molar-refractivity contribution in [2.75, 3.05) is 27.2 Å². The summed E-state index contributed by atoms with van der Waals surface area (Å²) in [5, 5.41) is 0. The molecule has 1 saturated heterocycles. The Balaban J connectivity index is 1.58. The molecule has 2 amide bonds. The summed E-state index contributed by atoms with van der Waals surface area (Å²) in [6.45, 7) is 8.22. The molecule has 1 aliphatic rings. The Morgan fingerprint density at radius 2 is 1.73 bits per heavy atom. The number of nitrogens with zero attached hydrogens (tertiary/aromatic N) is 4. The summed E-state index contributed by atoms with van der Waals surface area (Å²) in [6, 6.07) is 16.3. The van der Waals surface area contributed by atoms with E-state index in [1.165, 1.54) is 4.90 Å². The number of amides is 2. The molecule has 0 saturated carbocycles. The van der Waals surface area contributed by atoms with Gasteiger partial charge in [-0.2, -0.15) is 13.2 Å². The number of aromatic amines is 1. The van der Waals surface area contributed by atoms with E-state index in [1.807, 2.05) is 36.4 Å². The molecule has 0 radical (unpaired) electrons. The van der Waals surface area contributed by atoms with Crippen molar-refractivity contribution in [3.05, 3.63) is 100 Å². The van der Waals surface area contributed by atoms with Gasteiger partial charge in [-0.15, -0.1) is 0 Å². The monoisotopic (exact) mass is 547 g/mol. The Hall–Kier alpha value is -4.65. The highest BCUT2D eigenvalue weighted by Crippen LogP contribution is 2.36. The van der Waals surface area contributed by atoms with Gasteiger partial charge in [0.05, 0.1) is 23.2 Å². The summed E-state index contributed by atoms with van der Waals surface area (Å²) in [5.74, 6) is -1.05. The Labute approximate surface area is 228 Å². The second-order valence-corrected chi connectivity index (χ2v) is 9.81. The minimum absolute atomic E-state index is 0.0784. The fraction of sp³-hybridized carbons (Fsp3) is 0.233. The topological polar surface area (TPSA) is 56.6 Å². The summed E-state index contributed by atoms with van der Waals surface area (Å²) in [7, 11) is 3.38. The number of rotatable bonds is 3. The fourth-order valence-electron chi connectivity index (χ4n) is 4.96. The molecule has 1 fully saturated rings. The maximum absolute atomic E-state index is 14.3. The average Bonchev–Trinajstić information content (AvgIpc) is 3.34. The van der Waals surface area contributed by atoms with Crippen molar-refractivity contribution >= 4 is 28.3 Å². The Morgan fingerprint density at radius 3 is 2.35 bits per heavy atom. The highest BCUT2D eigenvalue weighted by molar-refractivity contribution is 5.86. The number of piperidine rings is 1. The Kier molecular flexibility index (Phi) is 7.06. The van der Waals surface area contributed by atoms with Crippen LogP contribution in [0.5, 0.6) is 0 Å². The quantitative estimate of drug-likeness (QED) is 0.213. The Morgan fingerprint density at radius 1 is 1.02 bits per heavy atom. The molecule has 10 heteroatoms. The number of fused-ring (bicyclic) bond motifs is 1. The number of hydrogen-bond acceptors (Lipinski definition) is 2. The van der Waals surface area contributed by atoms with E-state index in [4.69, 9.17) is 6.57 Å². The van der Waals surface area contributed by atoms with E-state index in [2.05, 4.69) is 14.8 Å². The van der Waals surface area contributed by atoms with Gasteiger partial charge >= 0.3 is 12.2 Å². The minimum Gasteiger partial charge on any atom is -0.338 e. The van der Waals surface area contributed by atoms with Crippen molar-refractivity contribution < 1.29 is 22.4 Å². The molecule has 0 aliphatic carbocycles. The third kappa shape index (κ3) is 5.27. The van der Waals surface area contributed by atoms with E-state index in [-0.39, 0.29) is 17.1 Å². The third-order valence-corrected chi connectivity index (χ3v) is 6.97.